The lowest BCUT2D eigenvalue weighted by atomic mass is 9.92. The van der Waals surface area contributed by atoms with E-state index in [0.29, 0.717) is 12.8 Å². The van der Waals surface area contributed by atoms with E-state index in [1.165, 1.54) is 51.4 Å². The van der Waals surface area contributed by atoms with Gasteiger partial charge in [0, 0.05) is 0 Å². The van der Waals surface area contributed by atoms with Crippen LogP contribution in [-0.2, 0) is 4.79 Å². The highest BCUT2D eigenvalue weighted by Crippen LogP contribution is 2.35. The minimum absolute atomic E-state index is 0.303. The third-order valence-corrected chi connectivity index (χ3v) is 4.82. The molecule has 1 saturated carbocycles. The Morgan fingerprint density at radius 1 is 1.13 bits per heavy atom. The second-order valence-corrected chi connectivity index (χ2v) is 6.77. The molecule has 3 heteroatoms. The van der Waals surface area contributed by atoms with Gasteiger partial charge in [0.25, 0.3) is 0 Å². The average molecular weight is 322 g/mol. The molecule has 1 aliphatic carbocycles. The number of unbranched alkanes of at least 4 members (excludes halogenated alkanes) is 4. The van der Waals surface area contributed by atoms with Crippen molar-refractivity contribution in [3.8, 4) is 0 Å². The molecule has 3 nitrogen and oxygen atoms in total. The minimum atomic E-state index is -1.23. The molecule has 23 heavy (non-hydrogen) atoms. The van der Waals surface area contributed by atoms with Crippen LogP contribution in [-0.4, -0.2) is 22.3 Å². The zero-order valence-corrected chi connectivity index (χ0v) is 14.6. The van der Waals surface area contributed by atoms with E-state index in [-0.39, 0.29) is 0 Å². The first-order valence-electron chi connectivity index (χ1n) is 9.37. The molecule has 0 aromatic heterocycles. The summed E-state index contributed by atoms with van der Waals surface area (Å²) in [4.78, 5) is 10.5. The van der Waals surface area contributed by atoms with Gasteiger partial charge in [-0.1, -0.05) is 56.9 Å². The molecule has 0 unspecified atom stereocenters. The Labute approximate surface area is 141 Å². The van der Waals surface area contributed by atoms with E-state index < -0.39 is 12.1 Å². The summed E-state index contributed by atoms with van der Waals surface area (Å²) >= 11 is 0. The second-order valence-electron chi connectivity index (χ2n) is 6.77. The molecule has 0 aromatic rings. The molecule has 3 atom stereocenters. The summed E-state index contributed by atoms with van der Waals surface area (Å²) in [5.74, 6) is 0.330. The van der Waals surface area contributed by atoms with Crippen LogP contribution in [0.15, 0.2) is 24.3 Å². The second kappa shape index (κ2) is 12.3. The van der Waals surface area contributed by atoms with E-state index in [2.05, 4.69) is 25.2 Å². The Kier molecular flexibility index (Phi) is 10.7. The highest BCUT2D eigenvalue weighted by Gasteiger charge is 2.23. The van der Waals surface area contributed by atoms with E-state index in [0.717, 1.165) is 18.3 Å². The molecular formula is C20H34O3. The van der Waals surface area contributed by atoms with Crippen LogP contribution >= 0.6 is 0 Å². The van der Waals surface area contributed by atoms with Crippen LogP contribution in [0.2, 0.25) is 0 Å². The summed E-state index contributed by atoms with van der Waals surface area (Å²) < 4.78 is 0. The quantitative estimate of drug-likeness (QED) is 0.388. The summed E-state index contributed by atoms with van der Waals surface area (Å²) in [5, 5.41) is 17.8. The van der Waals surface area contributed by atoms with Gasteiger partial charge in [0.05, 0.1) is 0 Å². The van der Waals surface area contributed by atoms with Crippen molar-refractivity contribution in [2.75, 3.05) is 0 Å². The number of aliphatic hydroxyl groups excluding tert-OH is 1. The Morgan fingerprint density at radius 2 is 1.96 bits per heavy atom. The molecule has 1 fully saturated rings. The van der Waals surface area contributed by atoms with Crippen molar-refractivity contribution in [1.82, 2.24) is 0 Å². The minimum Gasteiger partial charge on any atom is -0.479 e. The van der Waals surface area contributed by atoms with Crippen LogP contribution in [0, 0.1) is 11.8 Å². The molecule has 0 aliphatic heterocycles. The van der Waals surface area contributed by atoms with Crippen molar-refractivity contribution in [3.05, 3.63) is 24.3 Å². The molecule has 1 rings (SSSR count). The fourth-order valence-electron chi connectivity index (χ4n) is 3.34. The monoisotopic (exact) mass is 322 g/mol. The van der Waals surface area contributed by atoms with Crippen LogP contribution in [0.25, 0.3) is 0 Å². The zero-order chi connectivity index (χ0) is 16.9. The molecule has 0 spiro atoms. The molecule has 0 amide bonds. The van der Waals surface area contributed by atoms with Gasteiger partial charge in [-0.25, -0.2) is 4.79 Å². The molecular weight excluding hydrogens is 288 g/mol. The van der Waals surface area contributed by atoms with Gasteiger partial charge in [-0.3, -0.25) is 0 Å². The predicted octanol–water partition coefficient (Wildman–Crippen LogP) is 5.10. The Hall–Kier alpha value is -1.09. The topological polar surface area (TPSA) is 57.5 Å². The normalized spacial score (nSPS) is 23.0. The fraction of sp³-hybridized carbons (Fsp3) is 0.750. The van der Waals surface area contributed by atoms with E-state index in [1.54, 1.807) is 0 Å². The lowest BCUT2D eigenvalue weighted by molar-refractivity contribution is -0.146. The number of carboxylic acid groups (broad SMARTS) is 1. The lowest BCUT2D eigenvalue weighted by Crippen LogP contribution is -2.18. The maximum atomic E-state index is 10.5. The number of carboxylic acids is 1. The lowest BCUT2D eigenvalue weighted by Gasteiger charge is -2.14. The van der Waals surface area contributed by atoms with Gasteiger partial charge in [-0.2, -0.15) is 0 Å². The number of aliphatic carboxylic acids is 1. The molecule has 1 aliphatic rings. The van der Waals surface area contributed by atoms with Gasteiger partial charge < -0.3 is 10.2 Å². The van der Waals surface area contributed by atoms with Crippen LogP contribution in [0.5, 0.6) is 0 Å². The van der Waals surface area contributed by atoms with Crippen molar-refractivity contribution in [2.45, 2.75) is 83.7 Å². The number of hydrogen-bond acceptors (Lipinski definition) is 2. The smallest absolute Gasteiger partial charge is 0.332 e. The maximum absolute atomic E-state index is 10.5. The first-order valence-corrected chi connectivity index (χ1v) is 9.37. The zero-order valence-electron chi connectivity index (χ0n) is 14.6. The van der Waals surface area contributed by atoms with E-state index in [4.69, 9.17) is 5.11 Å². The van der Waals surface area contributed by atoms with Crippen LogP contribution in [0.4, 0.5) is 0 Å². The van der Waals surface area contributed by atoms with Crippen LogP contribution < -0.4 is 0 Å². The fourth-order valence-corrected chi connectivity index (χ4v) is 3.34. The van der Waals surface area contributed by atoms with Crippen molar-refractivity contribution >= 4 is 5.97 Å². The van der Waals surface area contributed by atoms with Crippen molar-refractivity contribution in [3.63, 3.8) is 0 Å². The Balaban J connectivity index is 2.19. The molecule has 2 N–H and O–H groups in total. The van der Waals surface area contributed by atoms with Gasteiger partial charge in [0.15, 0.2) is 6.10 Å². The van der Waals surface area contributed by atoms with Gasteiger partial charge >= 0.3 is 5.97 Å². The van der Waals surface area contributed by atoms with Gasteiger partial charge in [0.2, 0.25) is 0 Å². The third kappa shape index (κ3) is 8.95. The summed E-state index contributed by atoms with van der Waals surface area (Å²) in [7, 11) is 0. The number of rotatable bonds is 12. The SMILES string of the molecule is CCCCCCC=C[C@H]1CCC[C@@H]1CC=CCC[C@H](O)C(=O)O. The molecule has 0 saturated heterocycles. The van der Waals surface area contributed by atoms with Gasteiger partial charge in [0.1, 0.15) is 0 Å². The first-order chi connectivity index (χ1) is 11.1. The largest absolute Gasteiger partial charge is 0.479 e. The first kappa shape index (κ1) is 20.0. The molecule has 132 valence electrons. The Morgan fingerprint density at radius 3 is 2.70 bits per heavy atom. The standard InChI is InChI=1S/C20H34O3/c1-2-3-4-5-6-8-12-17-14-11-15-18(17)13-9-7-10-16-19(21)20(22)23/h7-9,12,17-19,21H,2-6,10-11,13-16H2,1H3,(H,22,23)/t17-,18-,19-/m0/s1. The molecule has 0 aromatic carbocycles. The van der Waals surface area contributed by atoms with Crippen molar-refractivity contribution in [1.29, 1.82) is 0 Å². The van der Waals surface area contributed by atoms with Crippen molar-refractivity contribution in [2.24, 2.45) is 11.8 Å². The van der Waals surface area contributed by atoms with Crippen LogP contribution in [0.3, 0.4) is 0 Å². The highest BCUT2D eigenvalue weighted by atomic mass is 16.4. The number of allylic oxidation sites excluding steroid dienone is 4. The van der Waals surface area contributed by atoms with Crippen molar-refractivity contribution < 1.29 is 15.0 Å². The van der Waals surface area contributed by atoms with Gasteiger partial charge in [-0.15, -0.1) is 0 Å². The highest BCUT2D eigenvalue weighted by molar-refractivity contribution is 5.71. The molecule has 0 bridgehead atoms. The van der Waals surface area contributed by atoms with E-state index >= 15 is 0 Å². The third-order valence-electron chi connectivity index (χ3n) is 4.82. The number of carbonyl (C=O) groups is 1. The van der Waals surface area contributed by atoms with Crippen LogP contribution in [0.1, 0.15) is 77.6 Å². The molecule has 0 radical (unpaired) electrons. The number of hydrogen-bond donors (Lipinski definition) is 2. The summed E-state index contributed by atoms with van der Waals surface area (Å²) in [6, 6.07) is 0. The van der Waals surface area contributed by atoms with Gasteiger partial charge in [-0.05, 0) is 56.8 Å². The number of aliphatic hydroxyl groups is 1. The van der Waals surface area contributed by atoms with E-state index in [9.17, 15) is 9.90 Å². The summed E-state index contributed by atoms with van der Waals surface area (Å²) in [5.41, 5.74) is 0. The molecule has 0 heterocycles. The van der Waals surface area contributed by atoms with E-state index in [1.807, 2.05) is 6.08 Å². The maximum Gasteiger partial charge on any atom is 0.332 e. The Bertz CT molecular complexity index is 373. The average Bonchev–Trinajstić information content (AvgIpc) is 2.97. The summed E-state index contributed by atoms with van der Waals surface area (Å²) in [6.07, 6.45) is 20.2. The predicted molar refractivity (Wildman–Crippen MR) is 95.4 cm³/mol. The summed E-state index contributed by atoms with van der Waals surface area (Å²) in [6.45, 7) is 2.24.